The molecule has 0 saturated carbocycles. The van der Waals surface area contributed by atoms with Crippen LogP contribution in [0.4, 0.5) is 0 Å². The van der Waals surface area contributed by atoms with Crippen LogP contribution in [0.15, 0.2) is 59.7 Å². The number of aryl methyl sites for hydroxylation is 1. The lowest BCUT2D eigenvalue weighted by atomic mass is 9.89. The molecule has 1 aromatic heterocycles. The third-order valence-electron chi connectivity index (χ3n) is 4.53. The maximum Gasteiger partial charge on any atom is 0.289 e. The summed E-state index contributed by atoms with van der Waals surface area (Å²) in [5.41, 5.74) is 9.06. The van der Waals surface area contributed by atoms with Crippen LogP contribution >= 0.6 is 0 Å². The number of carbonyl (C=O) groups excluding carboxylic acids is 1. The van der Waals surface area contributed by atoms with E-state index in [0.717, 1.165) is 40.9 Å². The summed E-state index contributed by atoms with van der Waals surface area (Å²) in [4.78, 5) is 12.5. The van der Waals surface area contributed by atoms with Crippen LogP contribution in [0.3, 0.4) is 0 Å². The number of nitrogens with one attached hydrogen (secondary N) is 2. The summed E-state index contributed by atoms with van der Waals surface area (Å²) in [5, 5.41) is 11.5. The van der Waals surface area contributed by atoms with Crippen LogP contribution in [-0.4, -0.2) is 21.8 Å². The minimum Gasteiger partial charge on any atom is -0.272 e. The van der Waals surface area contributed by atoms with E-state index in [2.05, 4.69) is 26.8 Å². The Balaban J connectivity index is 1.58. The van der Waals surface area contributed by atoms with Gasteiger partial charge >= 0.3 is 0 Å². The Morgan fingerprint density at radius 1 is 1.08 bits per heavy atom. The van der Waals surface area contributed by atoms with Crippen molar-refractivity contribution in [2.75, 3.05) is 0 Å². The standard InChI is InChI=1S/C20H18N4O/c1-13(14-7-3-2-4-8-14)21-24-20(25)19-17-12-11-15-9-5-6-10-16(15)18(17)22-23-19/h2-10H,11-12H2,1H3,(H,22,23)(H,24,25). The lowest BCUT2D eigenvalue weighted by Crippen LogP contribution is -2.21. The molecule has 3 aromatic rings. The fourth-order valence-electron chi connectivity index (χ4n) is 3.18. The number of H-pyrrole nitrogens is 1. The highest BCUT2D eigenvalue weighted by molar-refractivity contribution is 6.01. The average molecular weight is 330 g/mol. The van der Waals surface area contributed by atoms with Crippen LogP contribution in [-0.2, 0) is 12.8 Å². The van der Waals surface area contributed by atoms with Gasteiger partial charge in [0.25, 0.3) is 5.91 Å². The van der Waals surface area contributed by atoms with Crippen molar-refractivity contribution in [1.82, 2.24) is 15.6 Å². The molecular formula is C20H18N4O. The molecule has 0 aliphatic heterocycles. The lowest BCUT2D eigenvalue weighted by Gasteiger charge is -2.15. The molecule has 1 aliphatic rings. The van der Waals surface area contributed by atoms with Crippen molar-refractivity contribution in [3.63, 3.8) is 0 Å². The Kier molecular flexibility index (Phi) is 3.90. The van der Waals surface area contributed by atoms with Gasteiger partial charge in [-0.25, -0.2) is 5.43 Å². The predicted octanol–water partition coefficient (Wildman–Crippen LogP) is 3.33. The maximum atomic E-state index is 12.5. The second-order valence-electron chi connectivity index (χ2n) is 6.09. The van der Waals surface area contributed by atoms with Crippen LogP contribution in [0.1, 0.15) is 34.1 Å². The number of fused-ring (bicyclic) bond motifs is 3. The highest BCUT2D eigenvalue weighted by Crippen LogP contribution is 2.33. The second kappa shape index (κ2) is 6.36. The number of hydrogen-bond acceptors (Lipinski definition) is 3. The van der Waals surface area contributed by atoms with Gasteiger partial charge in [-0.05, 0) is 30.9 Å². The Morgan fingerprint density at radius 2 is 1.84 bits per heavy atom. The average Bonchev–Trinajstić information content (AvgIpc) is 3.11. The predicted molar refractivity (Wildman–Crippen MR) is 97.6 cm³/mol. The van der Waals surface area contributed by atoms with Crippen LogP contribution < -0.4 is 5.43 Å². The molecule has 2 aromatic carbocycles. The van der Waals surface area contributed by atoms with E-state index in [0.29, 0.717) is 5.69 Å². The van der Waals surface area contributed by atoms with E-state index < -0.39 is 0 Å². The molecule has 0 fully saturated rings. The summed E-state index contributed by atoms with van der Waals surface area (Å²) in [6, 6.07) is 17.9. The van der Waals surface area contributed by atoms with Crippen molar-refractivity contribution in [1.29, 1.82) is 0 Å². The molecule has 4 rings (SSSR count). The number of amides is 1. The quantitative estimate of drug-likeness (QED) is 0.571. The molecule has 1 amide bonds. The maximum absolute atomic E-state index is 12.5. The summed E-state index contributed by atoms with van der Waals surface area (Å²) in [6.07, 6.45) is 1.71. The molecule has 0 spiro atoms. The van der Waals surface area contributed by atoms with E-state index in [-0.39, 0.29) is 5.91 Å². The summed E-state index contributed by atoms with van der Waals surface area (Å²) in [5.74, 6) is -0.261. The van der Waals surface area contributed by atoms with Gasteiger partial charge in [0.15, 0.2) is 0 Å². The third kappa shape index (κ3) is 2.85. The monoisotopic (exact) mass is 330 g/mol. The number of aromatic nitrogens is 2. The minimum absolute atomic E-state index is 0.261. The third-order valence-corrected chi connectivity index (χ3v) is 4.53. The molecule has 0 atom stereocenters. The number of carbonyl (C=O) groups is 1. The number of hydrazone groups is 1. The van der Waals surface area contributed by atoms with Crippen LogP contribution in [0.25, 0.3) is 11.3 Å². The molecule has 1 heterocycles. The van der Waals surface area contributed by atoms with Crippen molar-refractivity contribution in [2.24, 2.45) is 5.10 Å². The highest BCUT2D eigenvalue weighted by Gasteiger charge is 2.24. The molecule has 0 bridgehead atoms. The summed E-state index contributed by atoms with van der Waals surface area (Å²) in [6.45, 7) is 1.87. The lowest BCUT2D eigenvalue weighted by molar-refractivity contribution is 0.0949. The zero-order valence-corrected chi connectivity index (χ0v) is 13.9. The Morgan fingerprint density at radius 3 is 2.68 bits per heavy atom. The van der Waals surface area contributed by atoms with Crippen LogP contribution in [0.5, 0.6) is 0 Å². The first-order valence-corrected chi connectivity index (χ1v) is 8.29. The van der Waals surface area contributed by atoms with Gasteiger partial charge in [-0.1, -0.05) is 54.6 Å². The molecule has 124 valence electrons. The summed E-state index contributed by atoms with van der Waals surface area (Å²) >= 11 is 0. The molecule has 2 N–H and O–H groups in total. The first kappa shape index (κ1) is 15.3. The van der Waals surface area contributed by atoms with Crippen molar-refractivity contribution in [3.05, 3.63) is 77.0 Å². The summed E-state index contributed by atoms with van der Waals surface area (Å²) < 4.78 is 0. The van der Waals surface area contributed by atoms with Crippen molar-refractivity contribution in [3.8, 4) is 11.3 Å². The molecule has 1 aliphatic carbocycles. The molecular weight excluding hydrogens is 312 g/mol. The van der Waals surface area contributed by atoms with E-state index in [1.807, 2.05) is 55.5 Å². The smallest absolute Gasteiger partial charge is 0.272 e. The number of hydrogen-bond donors (Lipinski definition) is 2. The molecule has 0 saturated heterocycles. The van der Waals surface area contributed by atoms with E-state index in [1.54, 1.807) is 0 Å². The Labute approximate surface area is 145 Å². The van der Waals surface area contributed by atoms with Crippen molar-refractivity contribution in [2.45, 2.75) is 19.8 Å². The number of rotatable bonds is 3. The molecule has 5 nitrogen and oxygen atoms in total. The van der Waals surface area contributed by atoms with Gasteiger partial charge in [-0.2, -0.15) is 10.2 Å². The Hall–Kier alpha value is -3.21. The zero-order chi connectivity index (χ0) is 17.2. The molecule has 0 radical (unpaired) electrons. The number of aromatic amines is 1. The molecule has 5 heteroatoms. The zero-order valence-electron chi connectivity index (χ0n) is 13.9. The largest absolute Gasteiger partial charge is 0.289 e. The normalized spacial score (nSPS) is 13.1. The Bertz CT molecular complexity index is 957. The topological polar surface area (TPSA) is 70.1 Å². The van der Waals surface area contributed by atoms with Gasteiger partial charge < -0.3 is 0 Å². The van der Waals surface area contributed by atoms with Gasteiger partial charge in [-0.3, -0.25) is 9.89 Å². The van der Waals surface area contributed by atoms with Crippen molar-refractivity contribution < 1.29 is 4.79 Å². The highest BCUT2D eigenvalue weighted by atomic mass is 16.2. The van der Waals surface area contributed by atoms with Gasteiger partial charge in [0.05, 0.1) is 11.4 Å². The van der Waals surface area contributed by atoms with Crippen LogP contribution in [0.2, 0.25) is 0 Å². The first-order valence-electron chi connectivity index (χ1n) is 8.29. The van der Waals surface area contributed by atoms with E-state index in [9.17, 15) is 4.79 Å². The van der Waals surface area contributed by atoms with Gasteiger partial charge in [0.2, 0.25) is 0 Å². The van der Waals surface area contributed by atoms with E-state index in [4.69, 9.17) is 0 Å². The fourth-order valence-corrected chi connectivity index (χ4v) is 3.18. The van der Waals surface area contributed by atoms with Gasteiger partial charge in [0, 0.05) is 11.1 Å². The minimum atomic E-state index is -0.261. The van der Waals surface area contributed by atoms with E-state index in [1.165, 1.54) is 5.56 Å². The molecule has 25 heavy (non-hydrogen) atoms. The number of nitrogens with zero attached hydrogens (tertiary/aromatic N) is 2. The van der Waals surface area contributed by atoms with Crippen LogP contribution in [0, 0.1) is 0 Å². The molecule has 0 unspecified atom stereocenters. The second-order valence-corrected chi connectivity index (χ2v) is 6.09. The van der Waals surface area contributed by atoms with E-state index >= 15 is 0 Å². The number of benzene rings is 2. The van der Waals surface area contributed by atoms with Gasteiger partial charge in [0.1, 0.15) is 5.69 Å². The van der Waals surface area contributed by atoms with Gasteiger partial charge in [-0.15, -0.1) is 0 Å². The first-order chi connectivity index (χ1) is 12.2. The fraction of sp³-hybridized carbons (Fsp3) is 0.150. The SMILES string of the molecule is CC(=NNC(=O)c1[nH]nc2c1CCc1ccccc1-2)c1ccccc1. The summed E-state index contributed by atoms with van der Waals surface area (Å²) in [7, 11) is 0. The van der Waals surface area contributed by atoms with Crippen molar-refractivity contribution >= 4 is 11.6 Å².